The van der Waals surface area contributed by atoms with Gasteiger partial charge in [0.2, 0.25) is 0 Å². The van der Waals surface area contributed by atoms with E-state index >= 15 is 0 Å². The number of nitrogens with one attached hydrogen (secondary N) is 1. The summed E-state index contributed by atoms with van der Waals surface area (Å²) >= 11 is 1.10. The van der Waals surface area contributed by atoms with E-state index in [2.05, 4.69) is 14.7 Å². The van der Waals surface area contributed by atoms with Crippen LogP contribution in [0.15, 0.2) is 17.3 Å². The molecule has 0 aliphatic heterocycles. The van der Waals surface area contributed by atoms with Crippen LogP contribution < -0.4 is 0 Å². The zero-order valence-corrected chi connectivity index (χ0v) is 9.61. The van der Waals surface area contributed by atoms with Gasteiger partial charge in [-0.15, -0.1) is 0 Å². The Morgan fingerprint density at radius 1 is 1.47 bits per heavy atom. The fourth-order valence-corrected chi connectivity index (χ4v) is 1.95. The summed E-state index contributed by atoms with van der Waals surface area (Å²) in [6.07, 6.45) is 0. The molecule has 0 unspecified atom stereocenters. The van der Waals surface area contributed by atoms with Crippen molar-refractivity contribution >= 4 is 28.8 Å². The molecule has 1 N–H and O–H groups in total. The molecule has 0 atom stereocenters. The van der Waals surface area contributed by atoms with Crippen LogP contribution in [-0.4, -0.2) is 28.8 Å². The summed E-state index contributed by atoms with van der Waals surface area (Å²) in [7, 11) is 1.28. The Morgan fingerprint density at radius 3 is 2.88 bits per heavy atom. The molecule has 90 valence electrons. The van der Waals surface area contributed by atoms with Crippen molar-refractivity contribution in [3.8, 4) is 0 Å². The maximum atomic E-state index is 12.9. The maximum Gasteiger partial charge on any atom is 0.316 e. The highest BCUT2D eigenvalue weighted by Gasteiger charge is 2.10. The fourth-order valence-electron chi connectivity index (χ4n) is 1.24. The van der Waals surface area contributed by atoms with Crippen LogP contribution in [0.5, 0.6) is 0 Å². The van der Waals surface area contributed by atoms with Gasteiger partial charge in [0.05, 0.1) is 23.9 Å². The zero-order valence-electron chi connectivity index (χ0n) is 8.79. The highest BCUT2D eigenvalue weighted by molar-refractivity contribution is 7.99. The van der Waals surface area contributed by atoms with Crippen molar-refractivity contribution in [2.45, 2.75) is 5.16 Å². The second-order valence-corrected chi connectivity index (χ2v) is 4.15. The molecule has 4 nitrogen and oxygen atoms in total. The van der Waals surface area contributed by atoms with Gasteiger partial charge in [-0.2, -0.15) is 0 Å². The van der Waals surface area contributed by atoms with E-state index in [1.807, 2.05) is 0 Å². The lowest BCUT2D eigenvalue weighted by molar-refractivity contribution is -0.137. The molecule has 1 aromatic carbocycles. The third kappa shape index (κ3) is 2.55. The number of methoxy groups -OCH3 is 1. The van der Waals surface area contributed by atoms with Crippen molar-refractivity contribution in [1.29, 1.82) is 0 Å². The number of ether oxygens (including phenoxy) is 1. The first-order valence-corrected chi connectivity index (χ1v) is 5.63. The Kier molecular flexibility index (Phi) is 3.28. The molecule has 0 saturated carbocycles. The zero-order chi connectivity index (χ0) is 12.4. The molecule has 2 rings (SSSR count). The Hall–Kier alpha value is -1.63. The fraction of sp³-hybridized carbons (Fsp3) is 0.200. The van der Waals surface area contributed by atoms with Crippen LogP contribution in [0.25, 0.3) is 11.0 Å². The molecular weight excluding hydrogens is 250 g/mol. The lowest BCUT2D eigenvalue weighted by Crippen LogP contribution is -2.02. The molecule has 17 heavy (non-hydrogen) atoms. The van der Waals surface area contributed by atoms with Crippen LogP contribution in [0.1, 0.15) is 0 Å². The number of hydrogen-bond acceptors (Lipinski definition) is 4. The van der Waals surface area contributed by atoms with Crippen LogP contribution in [0.4, 0.5) is 8.78 Å². The number of fused-ring (bicyclic) bond motifs is 1. The number of benzene rings is 1. The largest absolute Gasteiger partial charge is 0.468 e. The molecule has 0 amide bonds. The number of imidazole rings is 1. The SMILES string of the molecule is COC(=O)CSc1nc2cc(F)c(F)cc2[nH]1. The number of hydrogen-bond donors (Lipinski definition) is 1. The third-order valence-electron chi connectivity index (χ3n) is 2.06. The first kappa shape index (κ1) is 11.8. The van der Waals surface area contributed by atoms with Crippen LogP contribution in [0.2, 0.25) is 0 Å². The number of rotatable bonds is 3. The first-order valence-electron chi connectivity index (χ1n) is 4.64. The number of halogens is 2. The number of aromatic amines is 1. The number of carbonyl (C=O) groups is 1. The van der Waals surface area contributed by atoms with Crippen LogP contribution in [0.3, 0.4) is 0 Å². The molecule has 7 heteroatoms. The average Bonchev–Trinajstić information content (AvgIpc) is 2.68. The number of nitrogens with zero attached hydrogens (tertiary/aromatic N) is 1. The molecule has 0 bridgehead atoms. The van der Waals surface area contributed by atoms with Crippen LogP contribution in [0, 0.1) is 11.6 Å². The quantitative estimate of drug-likeness (QED) is 0.676. The van der Waals surface area contributed by atoms with Gasteiger partial charge in [-0.05, 0) is 0 Å². The van der Waals surface area contributed by atoms with E-state index in [-0.39, 0.29) is 5.75 Å². The van der Waals surface area contributed by atoms with Crippen molar-refractivity contribution in [2.75, 3.05) is 12.9 Å². The molecule has 0 aliphatic rings. The van der Waals surface area contributed by atoms with Gasteiger partial charge in [0, 0.05) is 12.1 Å². The number of carbonyl (C=O) groups excluding carboxylic acids is 1. The highest BCUT2D eigenvalue weighted by Crippen LogP contribution is 2.21. The van der Waals surface area contributed by atoms with Crippen LogP contribution >= 0.6 is 11.8 Å². The number of aromatic nitrogens is 2. The van der Waals surface area contributed by atoms with E-state index in [0.717, 1.165) is 23.9 Å². The molecule has 0 saturated heterocycles. The molecule has 0 spiro atoms. The van der Waals surface area contributed by atoms with E-state index < -0.39 is 17.6 Å². The van der Waals surface area contributed by atoms with Gasteiger partial charge in [0.15, 0.2) is 16.8 Å². The van der Waals surface area contributed by atoms with E-state index in [1.54, 1.807) is 0 Å². The second kappa shape index (κ2) is 4.70. The lowest BCUT2D eigenvalue weighted by atomic mass is 10.3. The molecule has 0 radical (unpaired) electrons. The van der Waals surface area contributed by atoms with E-state index in [0.29, 0.717) is 16.2 Å². The number of thioether (sulfide) groups is 1. The first-order chi connectivity index (χ1) is 8.10. The maximum absolute atomic E-state index is 12.9. The number of esters is 1. The van der Waals surface area contributed by atoms with Crippen molar-refractivity contribution < 1.29 is 18.3 Å². The summed E-state index contributed by atoms with van der Waals surface area (Å²) in [6, 6.07) is 2.03. The Labute approximate surface area is 99.4 Å². The van der Waals surface area contributed by atoms with Crippen molar-refractivity contribution in [3.63, 3.8) is 0 Å². The summed E-state index contributed by atoms with van der Waals surface area (Å²) in [5.74, 6) is -2.20. The van der Waals surface area contributed by atoms with E-state index in [1.165, 1.54) is 7.11 Å². The minimum atomic E-state index is -0.950. The van der Waals surface area contributed by atoms with Gasteiger partial charge in [-0.1, -0.05) is 11.8 Å². The molecule has 1 aromatic heterocycles. The Morgan fingerprint density at radius 2 is 2.18 bits per heavy atom. The third-order valence-corrected chi connectivity index (χ3v) is 2.90. The average molecular weight is 258 g/mol. The monoisotopic (exact) mass is 258 g/mol. The predicted octanol–water partition coefficient (Wildman–Crippen LogP) is 2.11. The molecule has 2 aromatic rings. The van der Waals surface area contributed by atoms with Crippen molar-refractivity contribution in [3.05, 3.63) is 23.8 Å². The van der Waals surface area contributed by atoms with Crippen molar-refractivity contribution in [1.82, 2.24) is 9.97 Å². The molecule has 1 heterocycles. The summed E-state index contributed by atoms with van der Waals surface area (Å²) in [4.78, 5) is 17.7. The summed E-state index contributed by atoms with van der Waals surface area (Å²) in [6.45, 7) is 0. The van der Waals surface area contributed by atoms with Gasteiger partial charge in [-0.3, -0.25) is 4.79 Å². The minimum absolute atomic E-state index is 0.0846. The topological polar surface area (TPSA) is 55.0 Å². The molecule has 0 fully saturated rings. The van der Waals surface area contributed by atoms with Gasteiger partial charge in [-0.25, -0.2) is 13.8 Å². The van der Waals surface area contributed by atoms with Crippen LogP contribution in [-0.2, 0) is 9.53 Å². The summed E-state index contributed by atoms with van der Waals surface area (Å²) in [5, 5.41) is 0.412. The molecule has 0 aliphatic carbocycles. The lowest BCUT2D eigenvalue weighted by Gasteiger charge is -1.95. The van der Waals surface area contributed by atoms with Crippen molar-refractivity contribution in [2.24, 2.45) is 0 Å². The van der Waals surface area contributed by atoms with Gasteiger partial charge in [0.25, 0.3) is 0 Å². The number of H-pyrrole nitrogens is 1. The summed E-state index contributed by atoms with van der Waals surface area (Å²) in [5.41, 5.74) is 0.701. The normalized spacial score (nSPS) is 10.8. The van der Waals surface area contributed by atoms with E-state index in [4.69, 9.17) is 0 Å². The molecular formula is C10H8F2N2O2S. The Balaban J connectivity index is 2.23. The van der Waals surface area contributed by atoms with Gasteiger partial charge >= 0.3 is 5.97 Å². The smallest absolute Gasteiger partial charge is 0.316 e. The standard InChI is InChI=1S/C10H8F2N2O2S/c1-16-9(15)4-17-10-13-7-2-5(11)6(12)3-8(7)14-10/h2-3H,4H2,1H3,(H,13,14). The summed E-state index contributed by atoms with van der Waals surface area (Å²) < 4.78 is 30.3. The predicted molar refractivity (Wildman–Crippen MR) is 58.7 cm³/mol. The second-order valence-electron chi connectivity index (χ2n) is 3.19. The highest BCUT2D eigenvalue weighted by atomic mass is 32.2. The van der Waals surface area contributed by atoms with Gasteiger partial charge < -0.3 is 9.72 Å². The van der Waals surface area contributed by atoms with Gasteiger partial charge in [0.1, 0.15) is 0 Å². The van der Waals surface area contributed by atoms with E-state index in [9.17, 15) is 13.6 Å². The Bertz CT molecular complexity index is 532. The minimum Gasteiger partial charge on any atom is -0.468 e.